The summed E-state index contributed by atoms with van der Waals surface area (Å²) >= 11 is 0.956. The van der Waals surface area contributed by atoms with E-state index in [-0.39, 0.29) is 59.7 Å². The van der Waals surface area contributed by atoms with E-state index in [0.29, 0.717) is 0 Å². The number of nitrogens with zero attached hydrogens (tertiary/aromatic N) is 4. The molecular weight excluding hydrogens is 835 g/mol. The number of phosphoric acid groups is 3. The van der Waals surface area contributed by atoms with Crippen LogP contribution in [0.5, 0.6) is 0 Å². The van der Waals surface area contributed by atoms with Gasteiger partial charge in [0.05, 0.1) is 25.6 Å². The number of aliphatic hydroxyl groups excluding tert-OH is 3. The first-order valence-electron chi connectivity index (χ1n) is 16.5. The summed E-state index contributed by atoms with van der Waals surface area (Å²) in [6.45, 7) is 3.92. The molecule has 11 N–H and O–H groups in total. The van der Waals surface area contributed by atoms with Crippen molar-refractivity contribution >= 4 is 69.1 Å². The molecule has 318 valence electrons. The summed E-state index contributed by atoms with van der Waals surface area (Å²) in [5, 5.41) is 35.8. The molecule has 1 aliphatic heterocycles. The van der Waals surface area contributed by atoms with E-state index >= 15 is 0 Å². The van der Waals surface area contributed by atoms with Crippen LogP contribution in [0.25, 0.3) is 11.2 Å². The minimum atomic E-state index is -5.58. The first-order valence-corrected chi connectivity index (χ1v) is 22.1. The van der Waals surface area contributed by atoms with Gasteiger partial charge in [-0.15, -0.1) is 0 Å². The molecule has 2 amide bonds. The molecule has 0 saturated carbocycles. The van der Waals surface area contributed by atoms with E-state index < -0.39 is 90.7 Å². The van der Waals surface area contributed by atoms with Crippen molar-refractivity contribution in [2.45, 2.75) is 77.3 Å². The molecule has 3 rings (SSSR count). The van der Waals surface area contributed by atoms with Gasteiger partial charge in [0.1, 0.15) is 36.3 Å². The largest absolute Gasteiger partial charge is 0.481 e. The van der Waals surface area contributed by atoms with Crippen molar-refractivity contribution in [2.75, 3.05) is 37.8 Å². The highest BCUT2D eigenvalue weighted by Crippen LogP contribution is 2.61. The third-order valence-corrected chi connectivity index (χ3v) is 11.9. The molecule has 8 atom stereocenters. The van der Waals surface area contributed by atoms with Crippen LogP contribution in [0.15, 0.2) is 12.7 Å². The maximum atomic E-state index is 12.7. The molecule has 2 aromatic rings. The summed E-state index contributed by atoms with van der Waals surface area (Å²) in [6, 6.07) is 0. The number of rotatable bonds is 22. The summed E-state index contributed by atoms with van der Waals surface area (Å²) < 4.78 is 62.0. The number of anilines is 1. The number of nitrogens with two attached hydrogens (primary N) is 1. The van der Waals surface area contributed by atoms with Gasteiger partial charge in [0.15, 0.2) is 22.8 Å². The first kappa shape index (κ1) is 47.9. The van der Waals surface area contributed by atoms with Crippen LogP contribution in [-0.2, 0) is 50.7 Å². The molecule has 0 aromatic carbocycles. The Bertz CT molecular complexity index is 1830. The number of hydrogen-bond donors (Lipinski definition) is 10. The third-order valence-electron chi connectivity index (χ3n) is 7.91. The summed E-state index contributed by atoms with van der Waals surface area (Å²) in [5.41, 5.74) is 4.23. The average Bonchev–Trinajstić information content (AvgIpc) is 3.64. The number of thioether (sulfide) groups is 1. The third kappa shape index (κ3) is 14.4. The Hall–Kier alpha value is -2.48. The van der Waals surface area contributed by atoms with Gasteiger partial charge < -0.3 is 56.0 Å². The molecule has 25 nitrogen and oxygen atoms in total. The predicted molar refractivity (Wildman–Crippen MR) is 193 cm³/mol. The van der Waals surface area contributed by atoms with E-state index in [1.165, 1.54) is 13.8 Å². The van der Waals surface area contributed by atoms with Crippen LogP contribution in [0.4, 0.5) is 5.82 Å². The molecular formula is C27H46N7O18P3S. The maximum absolute atomic E-state index is 12.7. The fourth-order valence-corrected chi connectivity index (χ4v) is 8.31. The van der Waals surface area contributed by atoms with E-state index in [4.69, 9.17) is 19.5 Å². The minimum absolute atomic E-state index is 0.0157. The fourth-order valence-electron chi connectivity index (χ4n) is 4.76. The zero-order valence-electron chi connectivity index (χ0n) is 30.4. The maximum Gasteiger partial charge on any atom is 0.481 e. The molecule has 29 heteroatoms. The van der Waals surface area contributed by atoms with Crippen LogP contribution in [0, 0.1) is 11.3 Å². The smallest absolute Gasteiger partial charge is 0.392 e. The van der Waals surface area contributed by atoms with Crippen molar-refractivity contribution in [3.63, 3.8) is 0 Å². The van der Waals surface area contributed by atoms with E-state index in [1.807, 2.05) is 0 Å². The number of aromatic nitrogens is 4. The molecule has 0 spiro atoms. The number of amides is 2. The zero-order valence-corrected chi connectivity index (χ0v) is 33.9. The summed E-state index contributed by atoms with van der Waals surface area (Å²) in [6.07, 6.45) is -7.77. The molecule has 1 aliphatic rings. The van der Waals surface area contributed by atoms with E-state index in [9.17, 15) is 63.0 Å². The van der Waals surface area contributed by atoms with E-state index in [2.05, 4.69) is 34.4 Å². The molecule has 0 radical (unpaired) electrons. The normalized spacial score (nSPS) is 22.4. The number of carbonyl (C=O) groups excluding carboxylic acids is 3. The summed E-state index contributed by atoms with van der Waals surface area (Å²) in [5.74, 6) is -1.33. The van der Waals surface area contributed by atoms with Crippen LogP contribution in [0.3, 0.4) is 0 Å². The van der Waals surface area contributed by atoms with Crippen LogP contribution in [0.2, 0.25) is 0 Å². The Morgan fingerprint density at radius 3 is 2.34 bits per heavy atom. The summed E-state index contributed by atoms with van der Waals surface area (Å²) in [7, 11) is -16.4. The van der Waals surface area contributed by atoms with Gasteiger partial charge in [-0.05, 0) is 5.92 Å². The summed E-state index contributed by atoms with van der Waals surface area (Å²) in [4.78, 5) is 87.4. The Kier molecular flexibility index (Phi) is 17.1. The molecule has 1 saturated heterocycles. The second-order valence-corrected chi connectivity index (χ2v) is 18.7. The highest BCUT2D eigenvalue weighted by molar-refractivity contribution is 8.13. The number of aliphatic hydroxyl groups is 3. The van der Waals surface area contributed by atoms with Crippen molar-refractivity contribution in [1.82, 2.24) is 30.2 Å². The number of nitrogen functional groups attached to an aromatic ring is 1. The van der Waals surface area contributed by atoms with Crippen LogP contribution in [0.1, 0.15) is 46.8 Å². The highest BCUT2D eigenvalue weighted by atomic mass is 32.2. The van der Waals surface area contributed by atoms with Crippen LogP contribution < -0.4 is 16.4 Å². The fraction of sp³-hybridized carbons (Fsp3) is 0.704. The van der Waals surface area contributed by atoms with Crippen molar-refractivity contribution < 1.29 is 85.6 Å². The number of fused-ring (bicyclic) bond motifs is 1. The standard InChI is InChI=1S/C27H46N7O18P3S/c1-14(2)15(35)9-18(37)56-8-7-29-17(36)5-6-30-25(40)22(39)27(3,4)11-49-55(46,47)52-54(44,45)48-10-16-21(51-53(41,42)43)20(38)26(50-16)34-13-33-19-23(28)31-12-32-24(19)34/h12-16,20-22,26,35,38-39H,5-11H2,1-4H3,(H,29,36)(H,30,40)(H,44,45)(H,46,47)(H2,28,31,32)(H2,41,42,43)/t15?,16-,20-,21-,22?,26-/m1/s1. The number of phosphoric ester groups is 3. The topological polar surface area (TPSA) is 384 Å². The number of ether oxygens (including phenoxy) is 1. The number of carbonyl (C=O) groups is 3. The number of nitrogens with one attached hydrogen (secondary N) is 2. The van der Waals surface area contributed by atoms with Crippen LogP contribution in [-0.4, -0.2) is 134 Å². The first-order chi connectivity index (χ1) is 25.8. The highest BCUT2D eigenvalue weighted by Gasteiger charge is 2.50. The molecule has 0 aliphatic carbocycles. The molecule has 3 heterocycles. The lowest BCUT2D eigenvalue weighted by molar-refractivity contribution is -0.137. The van der Waals surface area contributed by atoms with E-state index in [1.54, 1.807) is 13.8 Å². The zero-order chi connectivity index (χ0) is 42.2. The quantitative estimate of drug-likeness (QED) is 0.0504. The second-order valence-electron chi connectivity index (χ2n) is 13.3. The Labute approximate surface area is 323 Å². The van der Waals surface area contributed by atoms with Gasteiger partial charge in [-0.3, -0.25) is 32.5 Å². The lowest BCUT2D eigenvalue weighted by Gasteiger charge is -2.30. The average molecular weight is 882 g/mol. The Balaban J connectivity index is 1.48. The lowest BCUT2D eigenvalue weighted by Crippen LogP contribution is -2.46. The molecule has 1 fully saturated rings. The van der Waals surface area contributed by atoms with Gasteiger partial charge in [-0.2, -0.15) is 4.31 Å². The van der Waals surface area contributed by atoms with Crippen molar-refractivity contribution in [3.8, 4) is 0 Å². The minimum Gasteiger partial charge on any atom is -0.392 e. The van der Waals surface area contributed by atoms with Crippen LogP contribution >= 0.6 is 35.2 Å². The lowest BCUT2D eigenvalue weighted by atomic mass is 9.87. The molecule has 0 bridgehead atoms. The molecule has 4 unspecified atom stereocenters. The molecule has 2 aromatic heterocycles. The van der Waals surface area contributed by atoms with E-state index in [0.717, 1.165) is 29.0 Å². The van der Waals surface area contributed by atoms with Gasteiger partial charge in [0.25, 0.3) is 0 Å². The van der Waals surface area contributed by atoms with Gasteiger partial charge in [0, 0.05) is 37.1 Å². The van der Waals surface area contributed by atoms with Crippen molar-refractivity contribution in [3.05, 3.63) is 12.7 Å². The van der Waals surface area contributed by atoms with Crippen molar-refractivity contribution in [2.24, 2.45) is 11.3 Å². The predicted octanol–water partition coefficient (Wildman–Crippen LogP) is -0.928. The second kappa shape index (κ2) is 20.0. The number of hydrogen-bond acceptors (Lipinski definition) is 19. The Morgan fingerprint density at radius 1 is 1.04 bits per heavy atom. The van der Waals surface area contributed by atoms with Gasteiger partial charge >= 0.3 is 23.5 Å². The van der Waals surface area contributed by atoms with Crippen molar-refractivity contribution in [1.29, 1.82) is 0 Å². The van der Waals surface area contributed by atoms with Gasteiger partial charge in [-0.1, -0.05) is 39.5 Å². The van der Waals surface area contributed by atoms with Gasteiger partial charge in [-0.25, -0.2) is 28.6 Å². The Morgan fingerprint density at radius 2 is 1.70 bits per heavy atom. The molecule has 56 heavy (non-hydrogen) atoms. The SMILES string of the molecule is CC(C)C(O)CC(=O)SCCNC(=O)CCNC(=O)C(O)C(C)(C)COP(=O)(O)OP(=O)(O)OC[C@H]1O[C@@H](n2cnc3c(N)ncnc32)[C@H](O)[C@@H]1OP(=O)(O)O. The van der Waals surface area contributed by atoms with Gasteiger partial charge in [0.2, 0.25) is 11.8 Å². The number of imidazole rings is 1. The monoisotopic (exact) mass is 881 g/mol.